The van der Waals surface area contributed by atoms with E-state index in [4.69, 9.17) is 11.6 Å². The molecule has 0 aliphatic carbocycles. The smallest absolute Gasteiger partial charge is 0.227 e. The minimum Gasteiger partial charge on any atom is -0.338 e. The monoisotopic (exact) mass is 295 g/mol. The van der Waals surface area contributed by atoms with Crippen molar-refractivity contribution in [2.75, 3.05) is 12.4 Å². The molecule has 0 saturated carbocycles. The zero-order valence-electron chi connectivity index (χ0n) is 13.1. The molecule has 0 aromatic heterocycles. The van der Waals surface area contributed by atoms with Gasteiger partial charge in [-0.3, -0.25) is 4.79 Å². The maximum Gasteiger partial charge on any atom is 0.227 e. The Morgan fingerprint density at radius 2 is 1.90 bits per heavy atom. The van der Waals surface area contributed by atoms with Crippen LogP contribution in [0.4, 0.5) is 0 Å². The Morgan fingerprint density at radius 3 is 2.45 bits per heavy atom. The molecule has 0 spiro atoms. The van der Waals surface area contributed by atoms with Crippen LogP contribution in [0.25, 0.3) is 0 Å². The van der Waals surface area contributed by atoms with Gasteiger partial charge in [0.05, 0.1) is 6.42 Å². The molecule has 3 heteroatoms. The first-order chi connectivity index (χ1) is 9.53. The van der Waals surface area contributed by atoms with Crippen LogP contribution in [0.2, 0.25) is 0 Å². The Hall–Kier alpha value is -1.02. The lowest BCUT2D eigenvalue weighted by atomic mass is 10.0. The van der Waals surface area contributed by atoms with E-state index in [0.717, 1.165) is 18.4 Å². The van der Waals surface area contributed by atoms with Crippen LogP contribution in [-0.4, -0.2) is 29.3 Å². The van der Waals surface area contributed by atoms with E-state index in [-0.39, 0.29) is 5.91 Å². The Balaban J connectivity index is 2.87. The number of alkyl halides is 1. The largest absolute Gasteiger partial charge is 0.338 e. The van der Waals surface area contributed by atoms with Gasteiger partial charge in [0.2, 0.25) is 5.91 Å². The summed E-state index contributed by atoms with van der Waals surface area (Å²) in [5.41, 5.74) is 3.50. The molecule has 0 aliphatic rings. The van der Waals surface area contributed by atoms with Crippen molar-refractivity contribution in [1.82, 2.24) is 4.90 Å². The molecule has 1 rings (SSSR count). The molecule has 0 aliphatic heterocycles. The van der Waals surface area contributed by atoms with Gasteiger partial charge in [-0.15, -0.1) is 11.6 Å². The van der Waals surface area contributed by atoms with Crippen LogP contribution in [0.1, 0.15) is 43.4 Å². The van der Waals surface area contributed by atoms with Gasteiger partial charge >= 0.3 is 0 Å². The highest BCUT2D eigenvalue weighted by molar-refractivity contribution is 6.18. The summed E-state index contributed by atoms with van der Waals surface area (Å²) in [6, 6.07) is 6.58. The van der Waals surface area contributed by atoms with Gasteiger partial charge in [0.15, 0.2) is 0 Å². The zero-order chi connectivity index (χ0) is 15.1. The third-order valence-electron chi connectivity index (χ3n) is 3.88. The molecule has 1 aromatic carbocycles. The lowest BCUT2D eigenvalue weighted by Gasteiger charge is -2.30. The number of rotatable bonds is 7. The average molecular weight is 296 g/mol. The Bertz CT molecular complexity index is 441. The maximum atomic E-state index is 12.6. The van der Waals surface area contributed by atoms with Crippen molar-refractivity contribution in [3.8, 4) is 0 Å². The molecule has 0 saturated heterocycles. The van der Waals surface area contributed by atoms with Crippen molar-refractivity contribution in [2.24, 2.45) is 0 Å². The summed E-state index contributed by atoms with van der Waals surface area (Å²) in [6.45, 7) is 9.01. The molecule has 0 atom stereocenters. The molecule has 2 nitrogen and oxygen atoms in total. The minimum absolute atomic E-state index is 0.188. The second kappa shape index (κ2) is 8.31. The maximum absolute atomic E-state index is 12.6. The predicted molar refractivity (Wildman–Crippen MR) is 86.4 cm³/mol. The number of carbonyl (C=O) groups excluding carboxylic acids is 1. The van der Waals surface area contributed by atoms with Crippen LogP contribution < -0.4 is 0 Å². The summed E-state index contributed by atoms with van der Waals surface area (Å²) in [7, 11) is 0. The summed E-state index contributed by atoms with van der Waals surface area (Å²) in [4.78, 5) is 14.5. The van der Waals surface area contributed by atoms with E-state index in [1.54, 1.807) is 0 Å². The predicted octanol–water partition coefficient (Wildman–Crippen LogP) is 4.10. The quantitative estimate of drug-likeness (QED) is 0.694. The van der Waals surface area contributed by atoms with Gasteiger partial charge in [-0.05, 0) is 37.8 Å². The zero-order valence-corrected chi connectivity index (χ0v) is 13.8. The van der Waals surface area contributed by atoms with Gasteiger partial charge in [0.25, 0.3) is 0 Å². The SMILES string of the molecule is CCC(CC)N(CCCl)C(=O)Cc1cc(C)ccc1C. The van der Waals surface area contributed by atoms with Crippen molar-refractivity contribution in [3.63, 3.8) is 0 Å². The number of hydrogen-bond donors (Lipinski definition) is 0. The van der Waals surface area contributed by atoms with Gasteiger partial charge < -0.3 is 4.90 Å². The molecular weight excluding hydrogens is 270 g/mol. The van der Waals surface area contributed by atoms with Gasteiger partial charge in [-0.2, -0.15) is 0 Å². The number of halogens is 1. The summed E-state index contributed by atoms with van der Waals surface area (Å²) in [6.07, 6.45) is 2.43. The van der Waals surface area contributed by atoms with Gasteiger partial charge in [0, 0.05) is 18.5 Å². The minimum atomic E-state index is 0.188. The fourth-order valence-corrected chi connectivity index (χ4v) is 2.77. The van der Waals surface area contributed by atoms with Gasteiger partial charge in [-0.25, -0.2) is 0 Å². The second-order valence-corrected chi connectivity index (χ2v) is 5.73. The first-order valence-corrected chi connectivity index (χ1v) is 7.98. The van der Waals surface area contributed by atoms with Crippen molar-refractivity contribution in [3.05, 3.63) is 34.9 Å². The number of aryl methyl sites for hydroxylation is 2. The number of carbonyl (C=O) groups is 1. The van der Waals surface area contributed by atoms with E-state index in [1.165, 1.54) is 11.1 Å². The number of amides is 1. The van der Waals surface area contributed by atoms with Crippen molar-refractivity contribution in [1.29, 1.82) is 0 Å². The molecule has 0 heterocycles. The van der Waals surface area contributed by atoms with Gasteiger partial charge in [0.1, 0.15) is 0 Å². The number of hydrogen-bond acceptors (Lipinski definition) is 1. The normalized spacial score (nSPS) is 10.9. The second-order valence-electron chi connectivity index (χ2n) is 5.35. The number of benzene rings is 1. The highest BCUT2D eigenvalue weighted by atomic mass is 35.5. The molecule has 1 aromatic rings. The third-order valence-corrected chi connectivity index (χ3v) is 4.04. The third kappa shape index (κ3) is 4.52. The topological polar surface area (TPSA) is 20.3 Å². The van der Waals surface area contributed by atoms with E-state index in [2.05, 4.69) is 45.9 Å². The van der Waals surface area contributed by atoms with E-state index >= 15 is 0 Å². The molecule has 0 fully saturated rings. The van der Waals surface area contributed by atoms with Crippen molar-refractivity contribution < 1.29 is 4.79 Å². The lowest BCUT2D eigenvalue weighted by molar-refractivity contribution is -0.132. The molecule has 20 heavy (non-hydrogen) atoms. The van der Waals surface area contributed by atoms with Crippen LogP contribution in [0, 0.1) is 13.8 Å². The molecular formula is C17H26ClNO. The molecule has 112 valence electrons. The molecule has 0 N–H and O–H groups in total. The summed E-state index contributed by atoms with van der Waals surface area (Å²) < 4.78 is 0. The standard InChI is InChI=1S/C17H26ClNO/c1-5-16(6-2)19(10-9-18)17(20)12-15-11-13(3)7-8-14(15)4/h7-8,11,16H,5-6,9-10,12H2,1-4H3. The summed E-state index contributed by atoms with van der Waals surface area (Å²) in [5, 5.41) is 0. The summed E-state index contributed by atoms with van der Waals surface area (Å²) in [5.74, 6) is 0.683. The lowest BCUT2D eigenvalue weighted by Crippen LogP contribution is -2.42. The van der Waals surface area contributed by atoms with Crippen molar-refractivity contribution >= 4 is 17.5 Å². The van der Waals surface area contributed by atoms with Crippen LogP contribution in [0.3, 0.4) is 0 Å². The van der Waals surface area contributed by atoms with E-state index in [0.29, 0.717) is 24.9 Å². The van der Waals surface area contributed by atoms with E-state index in [1.807, 2.05) is 4.90 Å². The Kier molecular flexibility index (Phi) is 7.08. The molecule has 0 radical (unpaired) electrons. The fraction of sp³-hybridized carbons (Fsp3) is 0.588. The van der Waals surface area contributed by atoms with Crippen LogP contribution in [-0.2, 0) is 11.2 Å². The van der Waals surface area contributed by atoms with Crippen LogP contribution in [0.15, 0.2) is 18.2 Å². The van der Waals surface area contributed by atoms with Crippen LogP contribution >= 0.6 is 11.6 Å². The Morgan fingerprint density at radius 1 is 1.25 bits per heavy atom. The fourth-order valence-electron chi connectivity index (χ4n) is 2.59. The van der Waals surface area contributed by atoms with E-state index < -0.39 is 0 Å². The Labute approximate surface area is 128 Å². The van der Waals surface area contributed by atoms with E-state index in [9.17, 15) is 4.79 Å². The number of nitrogens with zero attached hydrogens (tertiary/aromatic N) is 1. The molecule has 0 bridgehead atoms. The van der Waals surface area contributed by atoms with Crippen LogP contribution in [0.5, 0.6) is 0 Å². The van der Waals surface area contributed by atoms with Crippen molar-refractivity contribution in [2.45, 2.75) is 53.0 Å². The van der Waals surface area contributed by atoms with Gasteiger partial charge in [-0.1, -0.05) is 37.6 Å². The highest BCUT2D eigenvalue weighted by Crippen LogP contribution is 2.15. The first kappa shape index (κ1) is 17.0. The first-order valence-electron chi connectivity index (χ1n) is 7.45. The molecule has 0 unspecified atom stereocenters. The molecule has 1 amide bonds. The highest BCUT2D eigenvalue weighted by Gasteiger charge is 2.21. The average Bonchev–Trinajstić information content (AvgIpc) is 2.43. The summed E-state index contributed by atoms with van der Waals surface area (Å²) >= 11 is 5.86.